The Morgan fingerprint density at radius 2 is 1.75 bits per heavy atom. The number of aromatic nitrogens is 1. The van der Waals surface area contributed by atoms with E-state index in [9.17, 15) is 13.2 Å². The molecule has 1 aromatic heterocycles. The highest BCUT2D eigenvalue weighted by Gasteiger charge is 2.25. The molecule has 1 saturated heterocycles. The molecule has 1 aliphatic heterocycles. The number of hydrogen-bond donors (Lipinski definition) is 0. The van der Waals surface area contributed by atoms with Crippen molar-refractivity contribution in [2.24, 2.45) is 0 Å². The molecular weight excluding hydrogens is 568 g/mol. The van der Waals surface area contributed by atoms with Crippen LogP contribution in [0.1, 0.15) is 22.3 Å². The normalized spacial score (nSPS) is 14.4. The highest BCUT2D eigenvalue weighted by atomic mass is 35.5. The number of carbonyl (C=O) groups is 1. The summed E-state index contributed by atoms with van der Waals surface area (Å²) in [5, 5.41) is 1.17. The van der Waals surface area contributed by atoms with Crippen LogP contribution in [0.5, 0.6) is 0 Å². The summed E-state index contributed by atoms with van der Waals surface area (Å²) in [7, 11) is -2.28. The molecule has 210 valence electrons. The molecule has 0 unspecified atom stereocenters. The van der Waals surface area contributed by atoms with Gasteiger partial charge >= 0.3 is 0 Å². The first-order chi connectivity index (χ1) is 19.3. The molecule has 4 aromatic rings. The van der Waals surface area contributed by atoms with Crippen molar-refractivity contribution in [3.8, 4) is 0 Å². The lowest BCUT2D eigenvalue weighted by atomic mass is 10.2. The number of thiazole rings is 1. The number of nitrogens with zero attached hydrogens (tertiary/aromatic N) is 4. The van der Waals surface area contributed by atoms with E-state index in [2.05, 4.69) is 4.90 Å². The maximum absolute atomic E-state index is 13.9. The summed E-state index contributed by atoms with van der Waals surface area (Å²) in [5.74, 6) is -0.241. The average molecular weight is 599 g/mol. The highest BCUT2D eigenvalue weighted by Crippen LogP contribution is 2.36. The van der Waals surface area contributed by atoms with Crippen LogP contribution in [0.25, 0.3) is 10.2 Å². The van der Waals surface area contributed by atoms with Crippen LogP contribution in [0.3, 0.4) is 0 Å². The first-order valence-corrected chi connectivity index (χ1v) is 15.7. The quantitative estimate of drug-likeness (QED) is 0.255. The minimum Gasteiger partial charge on any atom is -0.379 e. The van der Waals surface area contributed by atoms with Crippen molar-refractivity contribution in [2.45, 2.75) is 18.2 Å². The molecule has 0 radical (unpaired) electrons. The number of hydrogen-bond acceptors (Lipinski definition) is 7. The lowest BCUT2D eigenvalue weighted by molar-refractivity contribution is 0.0376. The van der Waals surface area contributed by atoms with Gasteiger partial charge in [0, 0.05) is 38.8 Å². The monoisotopic (exact) mass is 598 g/mol. The van der Waals surface area contributed by atoms with Crippen LogP contribution < -0.4 is 9.21 Å². The summed E-state index contributed by atoms with van der Waals surface area (Å²) in [6.45, 7) is 6.44. The summed E-state index contributed by atoms with van der Waals surface area (Å²) in [4.78, 5) is 22.8. The van der Waals surface area contributed by atoms with Gasteiger partial charge in [-0.05, 0) is 61.4 Å². The van der Waals surface area contributed by atoms with Crippen LogP contribution in [0.15, 0.2) is 71.6 Å². The molecule has 0 bridgehead atoms. The predicted octanol–water partition coefficient (Wildman–Crippen LogP) is 5.45. The van der Waals surface area contributed by atoms with Gasteiger partial charge in [-0.25, -0.2) is 13.4 Å². The van der Waals surface area contributed by atoms with Crippen LogP contribution >= 0.6 is 22.9 Å². The van der Waals surface area contributed by atoms with E-state index >= 15 is 0 Å². The molecule has 0 aliphatic carbocycles. The first-order valence-electron chi connectivity index (χ1n) is 13.1. The van der Waals surface area contributed by atoms with Crippen LogP contribution in [-0.2, 0) is 14.8 Å². The zero-order valence-electron chi connectivity index (χ0n) is 22.4. The molecule has 5 rings (SSSR count). The molecule has 0 N–H and O–H groups in total. The van der Waals surface area contributed by atoms with E-state index in [0.29, 0.717) is 41.2 Å². The number of ether oxygens (including phenoxy) is 1. The molecule has 1 aliphatic rings. The van der Waals surface area contributed by atoms with E-state index in [1.807, 2.05) is 25.1 Å². The van der Waals surface area contributed by atoms with Crippen molar-refractivity contribution in [1.29, 1.82) is 0 Å². The van der Waals surface area contributed by atoms with Gasteiger partial charge in [0.1, 0.15) is 0 Å². The zero-order chi connectivity index (χ0) is 28.3. The van der Waals surface area contributed by atoms with Gasteiger partial charge < -0.3 is 4.74 Å². The lowest BCUT2D eigenvalue weighted by Gasteiger charge is -2.27. The number of benzene rings is 3. The maximum Gasteiger partial charge on any atom is 0.264 e. The van der Waals surface area contributed by atoms with Crippen molar-refractivity contribution in [2.75, 3.05) is 55.6 Å². The van der Waals surface area contributed by atoms with Crippen molar-refractivity contribution in [1.82, 2.24) is 9.88 Å². The highest BCUT2D eigenvalue weighted by molar-refractivity contribution is 7.92. The summed E-state index contributed by atoms with van der Waals surface area (Å²) in [5.41, 5.74) is 2.71. The van der Waals surface area contributed by atoms with Gasteiger partial charge in [0.2, 0.25) is 0 Å². The number of fused-ring (bicyclic) bond motifs is 1. The van der Waals surface area contributed by atoms with Gasteiger partial charge in [0.15, 0.2) is 5.13 Å². The number of para-hydroxylation sites is 1. The number of carbonyl (C=O) groups excluding carboxylic acids is 1. The second-order valence-electron chi connectivity index (χ2n) is 9.64. The lowest BCUT2D eigenvalue weighted by Crippen LogP contribution is -2.39. The summed E-state index contributed by atoms with van der Waals surface area (Å²) >= 11 is 7.86. The number of amides is 1. The number of sulfonamides is 1. The number of rotatable bonds is 9. The van der Waals surface area contributed by atoms with E-state index in [4.69, 9.17) is 21.3 Å². The van der Waals surface area contributed by atoms with Crippen molar-refractivity contribution >= 4 is 59.9 Å². The third-order valence-corrected chi connectivity index (χ3v) is 10.3. The molecule has 0 saturated carbocycles. The molecule has 1 fully saturated rings. The average Bonchev–Trinajstić information content (AvgIpc) is 3.44. The minimum atomic E-state index is -3.79. The Morgan fingerprint density at radius 3 is 2.42 bits per heavy atom. The topological polar surface area (TPSA) is 83.0 Å². The Balaban J connectivity index is 1.41. The first kappa shape index (κ1) is 28.5. The molecule has 0 atom stereocenters. The van der Waals surface area contributed by atoms with E-state index in [1.54, 1.807) is 41.3 Å². The van der Waals surface area contributed by atoms with E-state index in [0.717, 1.165) is 41.8 Å². The predicted molar refractivity (Wildman–Crippen MR) is 161 cm³/mol. The van der Waals surface area contributed by atoms with Gasteiger partial charge in [-0.15, -0.1) is 0 Å². The molecule has 2 heterocycles. The standard InChI is InChI=1S/C29H31ClN4O4S2/c1-21-9-14-25(30)27-26(21)31-29(39-27)34(16-6-15-33-17-19-38-20-18-33)28(35)22-10-12-24(13-11-22)40(36,37)32(2)23-7-4-3-5-8-23/h3-5,7-14H,6,15-20H2,1-2H3. The van der Waals surface area contributed by atoms with Crippen LogP contribution in [0.4, 0.5) is 10.8 Å². The van der Waals surface area contributed by atoms with Gasteiger partial charge in [-0.2, -0.15) is 0 Å². The fourth-order valence-electron chi connectivity index (χ4n) is 4.63. The van der Waals surface area contributed by atoms with Crippen LogP contribution in [0.2, 0.25) is 5.02 Å². The van der Waals surface area contributed by atoms with E-state index < -0.39 is 10.0 Å². The molecule has 0 spiro atoms. The maximum atomic E-state index is 13.9. The largest absolute Gasteiger partial charge is 0.379 e. The third kappa shape index (κ3) is 6.01. The molecule has 1 amide bonds. The molecule has 8 nitrogen and oxygen atoms in total. The Kier molecular flexibility index (Phi) is 8.72. The minimum absolute atomic E-state index is 0.108. The summed E-state index contributed by atoms with van der Waals surface area (Å²) < 4.78 is 34.0. The van der Waals surface area contributed by atoms with Gasteiger partial charge in [0.05, 0.1) is 39.0 Å². The zero-order valence-corrected chi connectivity index (χ0v) is 24.8. The Morgan fingerprint density at radius 1 is 1.05 bits per heavy atom. The number of aryl methyl sites for hydroxylation is 1. The van der Waals surface area contributed by atoms with Crippen molar-refractivity contribution in [3.05, 3.63) is 82.9 Å². The fourth-order valence-corrected chi connectivity index (χ4v) is 7.16. The Labute approximate surface area is 243 Å². The third-order valence-electron chi connectivity index (χ3n) is 7.00. The number of halogens is 1. The molecular formula is C29H31ClN4O4S2. The number of morpholine rings is 1. The van der Waals surface area contributed by atoms with Crippen molar-refractivity contribution < 1.29 is 17.9 Å². The Hall–Kier alpha value is -3.02. The molecule has 40 heavy (non-hydrogen) atoms. The van der Waals surface area contributed by atoms with Crippen LogP contribution in [0, 0.1) is 6.92 Å². The van der Waals surface area contributed by atoms with Crippen molar-refractivity contribution in [3.63, 3.8) is 0 Å². The smallest absolute Gasteiger partial charge is 0.264 e. The second kappa shape index (κ2) is 12.2. The second-order valence-corrected chi connectivity index (χ2v) is 13.0. The number of anilines is 2. The van der Waals surface area contributed by atoms with E-state index in [1.165, 1.54) is 34.8 Å². The Bertz CT molecular complexity index is 1550. The van der Waals surface area contributed by atoms with Gasteiger partial charge in [0.25, 0.3) is 15.9 Å². The SMILES string of the molecule is Cc1ccc(Cl)c2sc(N(CCCN3CCOCC3)C(=O)c3ccc(S(=O)(=O)N(C)c4ccccc4)cc3)nc12. The van der Waals surface area contributed by atoms with Gasteiger partial charge in [-0.3, -0.25) is 18.9 Å². The van der Waals surface area contributed by atoms with E-state index in [-0.39, 0.29) is 10.8 Å². The fraction of sp³-hybridized carbons (Fsp3) is 0.310. The van der Waals surface area contributed by atoms with Gasteiger partial charge in [-0.1, -0.05) is 47.2 Å². The molecule has 11 heteroatoms. The summed E-state index contributed by atoms with van der Waals surface area (Å²) in [6, 6.07) is 18.7. The summed E-state index contributed by atoms with van der Waals surface area (Å²) in [6.07, 6.45) is 0.753. The van der Waals surface area contributed by atoms with Crippen LogP contribution in [-0.4, -0.2) is 70.6 Å². The molecule has 3 aromatic carbocycles.